The summed E-state index contributed by atoms with van der Waals surface area (Å²) >= 11 is 0. The van der Waals surface area contributed by atoms with Gasteiger partial charge >= 0.3 is 0 Å². The van der Waals surface area contributed by atoms with Crippen LogP contribution in [0.2, 0.25) is 0 Å². The molecule has 2 rings (SSSR count). The second kappa shape index (κ2) is 8.13. The minimum Gasteiger partial charge on any atom is -0.393 e. The molecule has 0 saturated heterocycles. The van der Waals surface area contributed by atoms with Gasteiger partial charge in [-0.15, -0.1) is 0 Å². The lowest BCUT2D eigenvalue weighted by Crippen LogP contribution is -2.44. The standard InChI is InChI=1S/C18H27N3O2/c1-13(22)9-11-21(3)14(2)18(23)19-10-8-15-12-20-17-7-5-4-6-16(15)17/h4-7,12-14,20,22H,8-11H2,1-3H3,(H,19,23). The molecule has 0 aliphatic carbocycles. The third-order valence-corrected chi connectivity index (χ3v) is 4.31. The number of fused-ring (bicyclic) bond motifs is 1. The molecule has 1 aromatic heterocycles. The number of hydrogen-bond donors (Lipinski definition) is 3. The molecule has 0 spiro atoms. The van der Waals surface area contributed by atoms with E-state index in [9.17, 15) is 9.90 Å². The van der Waals surface area contributed by atoms with E-state index >= 15 is 0 Å². The minimum absolute atomic E-state index is 0.0259. The maximum Gasteiger partial charge on any atom is 0.237 e. The Morgan fingerprint density at radius 1 is 1.35 bits per heavy atom. The number of carbonyl (C=O) groups excluding carboxylic acids is 1. The van der Waals surface area contributed by atoms with Gasteiger partial charge in [0, 0.05) is 30.2 Å². The number of benzene rings is 1. The molecule has 5 nitrogen and oxygen atoms in total. The Morgan fingerprint density at radius 2 is 2.09 bits per heavy atom. The molecule has 1 heterocycles. The first-order chi connectivity index (χ1) is 11.0. The summed E-state index contributed by atoms with van der Waals surface area (Å²) in [5.41, 5.74) is 2.34. The molecule has 2 aromatic rings. The normalized spacial score (nSPS) is 14.1. The van der Waals surface area contributed by atoms with Crippen molar-refractivity contribution in [2.75, 3.05) is 20.1 Å². The summed E-state index contributed by atoms with van der Waals surface area (Å²) in [6.45, 7) is 4.98. The van der Waals surface area contributed by atoms with Crippen LogP contribution in [0, 0.1) is 0 Å². The van der Waals surface area contributed by atoms with Crippen LogP contribution < -0.4 is 5.32 Å². The van der Waals surface area contributed by atoms with Crippen LogP contribution in [0.15, 0.2) is 30.5 Å². The zero-order valence-electron chi connectivity index (χ0n) is 14.2. The SMILES string of the molecule is CC(O)CCN(C)C(C)C(=O)NCCc1c[nH]c2ccccc12. The van der Waals surface area contributed by atoms with Crippen LogP contribution >= 0.6 is 0 Å². The smallest absolute Gasteiger partial charge is 0.237 e. The van der Waals surface area contributed by atoms with E-state index in [4.69, 9.17) is 0 Å². The number of aliphatic hydroxyl groups excluding tert-OH is 1. The van der Waals surface area contributed by atoms with Gasteiger partial charge in [0.2, 0.25) is 5.91 Å². The van der Waals surface area contributed by atoms with Gasteiger partial charge in [-0.3, -0.25) is 9.69 Å². The third kappa shape index (κ3) is 4.81. The van der Waals surface area contributed by atoms with Crippen LogP contribution in [0.1, 0.15) is 25.8 Å². The van der Waals surface area contributed by atoms with Gasteiger partial charge in [0.1, 0.15) is 0 Å². The van der Waals surface area contributed by atoms with Crippen LogP contribution in [0.4, 0.5) is 0 Å². The molecule has 1 aromatic carbocycles. The van der Waals surface area contributed by atoms with Crippen LogP contribution in [-0.2, 0) is 11.2 Å². The van der Waals surface area contributed by atoms with Crippen molar-refractivity contribution in [1.29, 1.82) is 0 Å². The van der Waals surface area contributed by atoms with Gasteiger partial charge in [0.25, 0.3) is 0 Å². The van der Waals surface area contributed by atoms with Gasteiger partial charge in [-0.05, 0) is 45.4 Å². The molecule has 2 unspecified atom stereocenters. The van der Waals surface area contributed by atoms with E-state index in [-0.39, 0.29) is 18.1 Å². The van der Waals surface area contributed by atoms with Gasteiger partial charge < -0.3 is 15.4 Å². The number of aromatic nitrogens is 1. The highest BCUT2D eigenvalue weighted by atomic mass is 16.3. The predicted molar refractivity (Wildman–Crippen MR) is 93.4 cm³/mol. The second-order valence-electron chi connectivity index (χ2n) is 6.19. The van der Waals surface area contributed by atoms with Crippen molar-refractivity contribution in [3.63, 3.8) is 0 Å². The average molecular weight is 317 g/mol. The average Bonchev–Trinajstić information content (AvgIpc) is 2.95. The van der Waals surface area contributed by atoms with E-state index < -0.39 is 0 Å². The largest absolute Gasteiger partial charge is 0.393 e. The molecule has 126 valence electrons. The van der Waals surface area contributed by atoms with E-state index in [0.29, 0.717) is 19.5 Å². The monoisotopic (exact) mass is 317 g/mol. The summed E-state index contributed by atoms with van der Waals surface area (Å²) in [7, 11) is 1.91. The second-order valence-corrected chi connectivity index (χ2v) is 6.19. The Kier molecular flexibility index (Phi) is 6.19. The number of nitrogens with one attached hydrogen (secondary N) is 2. The van der Waals surface area contributed by atoms with Crippen molar-refractivity contribution in [1.82, 2.24) is 15.2 Å². The molecule has 0 bridgehead atoms. The number of H-pyrrole nitrogens is 1. The number of amides is 1. The molecule has 0 radical (unpaired) electrons. The quantitative estimate of drug-likeness (QED) is 0.697. The molecule has 0 aliphatic rings. The molecule has 3 N–H and O–H groups in total. The summed E-state index contributed by atoms with van der Waals surface area (Å²) in [5.74, 6) is 0.0259. The fourth-order valence-corrected chi connectivity index (χ4v) is 2.59. The number of para-hydroxylation sites is 1. The summed E-state index contributed by atoms with van der Waals surface area (Å²) in [6.07, 6.45) is 3.15. The van der Waals surface area contributed by atoms with Gasteiger partial charge in [-0.1, -0.05) is 18.2 Å². The molecular formula is C18H27N3O2. The Balaban J connectivity index is 1.80. The van der Waals surface area contributed by atoms with Crippen molar-refractivity contribution in [3.8, 4) is 0 Å². The lowest BCUT2D eigenvalue weighted by Gasteiger charge is -2.24. The van der Waals surface area contributed by atoms with Crippen molar-refractivity contribution < 1.29 is 9.90 Å². The summed E-state index contributed by atoms with van der Waals surface area (Å²) in [4.78, 5) is 17.4. The Hall–Kier alpha value is -1.85. The molecule has 0 saturated carbocycles. The van der Waals surface area contributed by atoms with Crippen molar-refractivity contribution >= 4 is 16.8 Å². The van der Waals surface area contributed by atoms with E-state index in [1.165, 1.54) is 10.9 Å². The highest BCUT2D eigenvalue weighted by Gasteiger charge is 2.17. The van der Waals surface area contributed by atoms with Gasteiger partial charge in [0.05, 0.1) is 12.1 Å². The maximum absolute atomic E-state index is 12.2. The van der Waals surface area contributed by atoms with Crippen molar-refractivity contribution in [2.45, 2.75) is 38.8 Å². The minimum atomic E-state index is -0.338. The molecular weight excluding hydrogens is 290 g/mol. The molecule has 0 fully saturated rings. The Bertz CT molecular complexity index is 636. The zero-order valence-corrected chi connectivity index (χ0v) is 14.2. The first-order valence-electron chi connectivity index (χ1n) is 8.20. The van der Waals surface area contributed by atoms with E-state index in [1.54, 1.807) is 6.92 Å². The number of carbonyl (C=O) groups is 1. The molecule has 5 heteroatoms. The Labute approximate surface area is 137 Å². The highest BCUT2D eigenvalue weighted by Crippen LogP contribution is 2.17. The zero-order chi connectivity index (χ0) is 16.8. The maximum atomic E-state index is 12.2. The predicted octanol–water partition coefficient (Wildman–Crippen LogP) is 1.92. The van der Waals surface area contributed by atoms with Crippen LogP contribution in [0.5, 0.6) is 0 Å². The Morgan fingerprint density at radius 3 is 2.83 bits per heavy atom. The summed E-state index contributed by atoms with van der Waals surface area (Å²) in [5, 5.41) is 13.5. The molecule has 2 atom stereocenters. The number of rotatable bonds is 8. The summed E-state index contributed by atoms with van der Waals surface area (Å²) in [6, 6.07) is 7.98. The number of likely N-dealkylation sites (N-methyl/N-ethyl adjacent to an activating group) is 1. The van der Waals surface area contributed by atoms with Crippen LogP contribution in [-0.4, -0.2) is 53.2 Å². The van der Waals surface area contributed by atoms with Gasteiger partial charge in [-0.25, -0.2) is 0 Å². The van der Waals surface area contributed by atoms with Crippen molar-refractivity contribution in [2.24, 2.45) is 0 Å². The highest BCUT2D eigenvalue weighted by molar-refractivity contribution is 5.83. The fraction of sp³-hybridized carbons (Fsp3) is 0.500. The topological polar surface area (TPSA) is 68.4 Å². The van der Waals surface area contributed by atoms with Gasteiger partial charge in [-0.2, -0.15) is 0 Å². The van der Waals surface area contributed by atoms with Crippen LogP contribution in [0.25, 0.3) is 10.9 Å². The lowest BCUT2D eigenvalue weighted by atomic mass is 10.1. The molecule has 0 aliphatic heterocycles. The number of aliphatic hydroxyl groups is 1. The number of nitrogens with zero attached hydrogens (tertiary/aromatic N) is 1. The van der Waals surface area contributed by atoms with E-state index in [1.807, 2.05) is 37.2 Å². The van der Waals surface area contributed by atoms with Crippen LogP contribution in [0.3, 0.4) is 0 Å². The molecule has 23 heavy (non-hydrogen) atoms. The van der Waals surface area contributed by atoms with E-state index in [0.717, 1.165) is 11.9 Å². The van der Waals surface area contributed by atoms with Gasteiger partial charge in [0.15, 0.2) is 0 Å². The first-order valence-corrected chi connectivity index (χ1v) is 8.20. The molecule has 1 amide bonds. The fourth-order valence-electron chi connectivity index (χ4n) is 2.59. The van der Waals surface area contributed by atoms with Crippen molar-refractivity contribution in [3.05, 3.63) is 36.0 Å². The lowest BCUT2D eigenvalue weighted by molar-refractivity contribution is -0.125. The number of hydrogen-bond acceptors (Lipinski definition) is 3. The number of aromatic amines is 1. The van der Waals surface area contributed by atoms with E-state index in [2.05, 4.69) is 22.4 Å². The first kappa shape index (κ1) is 17.5. The third-order valence-electron chi connectivity index (χ3n) is 4.31. The summed E-state index contributed by atoms with van der Waals surface area (Å²) < 4.78 is 0.